The molecule has 0 radical (unpaired) electrons. The van der Waals surface area contributed by atoms with E-state index in [0.717, 1.165) is 9.99 Å². The maximum absolute atomic E-state index is 9.52. The van der Waals surface area contributed by atoms with Gasteiger partial charge in [0.2, 0.25) is 0 Å². The van der Waals surface area contributed by atoms with Gasteiger partial charge in [0.05, 0.1) is 0 Å². The first-order valence-electron chi connectivity index (χ1n) is 5.15. The van der Waals surface area contributed by atoms with Crippen molar-refractivity contribution in [2.45, 2.75) is 6.42 Å². The number of hydrogen-bond donors (Lipinski definition) is 1. The summed E-state index contributed by atoms with van der Waals surface area (Å²) >= 11 is 6.31. The summed E-state index contributed by atoms with van der Waals surface area (Å²) in [5.41, 5.74) is 2.53. The van der Waals surface area contributed by atoms with E-state index in [0.29, 0.717) is 5.75 Å². The molecule has 1 saturated heterocycles. The predicted octanol–water partition coefficient (Wildman–Crippen LogP) is 4.37. The van der Waals surface area contributed by atoms with Gasteiger partial charge >= 0.3 is 0 Å². The Labute approximate surface area is 118 Å². The molecule has 1 fully saturated rings. The van der Waals surface area contributed by atoms with Gasteiger partial charge in [-0.1, -0.05) is 34.7 Å². The van der Waals surface area contributed by atoms with Gasteiger partial charge in [-0.2, -0.15) is 0 Å². The van der Waals surface area contributed by atoms with Gasteiger partial charge in [-0.05, 0) is 41.2 Å². The second-order valence-corrected chi connectivity index (χ2v) is 6.73. The number of hydrogen-bond acceptors (Lipinski definition) is 3. The zero-order valence-electron chi connectivity index (χ0n) is 8.78. The molecule has 16 heavy (non-hydrogen) atoms. The first kappa shape index (κ1) is 12.6. The number of aromatic hydroxyl groups is 1. The lowest BCUT2D eigenvalue weighted by Gasteiger charge is -2.17. The van der Waals surface area contributed by atoms with Crippen LogP contribution in [0.3, 0.4) is 0 Å². The monoisotopic (exact) mass is 364 g/mol. The smallest absolute Gasteiger partial charge is 0.116 e. The number of alkyl halides is 1. The summed E-state index contributed by atoms with van der Waals surface area (Å²) in [6.07, 6.45) is 1.30. The molecule has 1 nitrogen and oxygen atoms in total. The van der Waals surface area contributed by atoms with Gasteiger partial charge in [-0.3, -0.25) is 0 Å². The van der Waals surface area contributed by atoms with Crippen molar-refractivity contribution in [2.75, 3.05) is 15.9 Å². The summed E-state index contributed by atoms with van der Waals surface area (Å²) in [5, 5.41) is 9.52. The average molecular weight is 364 g/mol. The van der Waals surface area contributed by atoms with E-state index >= 15 is 0 Å². The SMILES string of the molecule is Oc1cccc(C(CI)=C2SCCCS2)c1. The minimum absolute atomic E-state index is 0.353. The fourth-order valence-electron chi connectivity index (χ4n) is 1.55. The summed E-state index contributed by atoms with van der Waals surface area (Å²) in [6.45, 7) is 0. The molecule has 1 aliphatic heterocycles. The molecule has 0 spiro atoms. The minimum Gasteiger partial charge on any atom is -0.508 e. The van der Waals surface area contributed by atoms with Crippen LogP contribution in [0.4, 0.5) is 0 Å². The summed E-state index contributed by atoms with van der Waals surface area (Å²) in [6, 6.07) is 7.57. The van der Waals surface area contributed by atoms with Crippen LogP contribution in [-0.2, 0) is 0 Å². The highest BCUT2D eigenvalue weighted by Crippen LogP contribution is 2.41. The van der Waals surface area contributed by atoms with Crippen molar-refractivity contribution in [3.05, 3.63) is 34.1 Å². The minimum atomic E-state index is 0.353. The van der Waals surface area contributed by atoms with Gasteiger partial charge in [0.25, 0.3) is 0 Å². The van der Waals surface area contributed by atoms with Crippen LogP contribution < -0.4 is 0 Å². The molecule has 0 aromatic heterocycles. The molecule has 1 aliphatic rings. The van der Waals surface area contributed by atoms with E-state index in [-0.39, 0.29) is 0 Å². The molecule has 4 heteroatoms. The third-order valence-electron chi connectivity index (χ3n) is 2.33. The Balaban J connectivity index is 2.34. The molecule has 1 N–H and O–H groups in total. The van der Waals surface area contributed by atoms with E-state index in [4.69, 9.17) is 0 Å². The number of phenolic OH excluding ortho intramolecular Hbond substituents is 1. The highest BCUT2D eigenvalue weighted by atomic mass is 127. The Morgan fingerprint density at radius 1 is 1.31 bits per heavy atom. The maximum atomic E-state index is 9.52. The van der Waals surface area contributed by atoms with E-state index in [1.54, 1.807) is 6.07 Å². The van der Waals surface area contributed by atoms with Gasteiger partial charge in [-0.15, -0.1) is 23.5 Å². The van der Waals surface area contributed by atoms with Crippen molar-refractivity contribution < 1.29 is 5.11 Å². The topological polar surface area (TPSA) is 20.2 Å². The summed E-state index contributed by atoms with van der Waals surface area (Å²) in [5.74, 6) is 2.80. The fraction of sp³-hybridized carbons (Fsp3) is 0.333. The van der Waals surface area contributed by atoms with Crippen molar-refractivity contribution in [1.29, 1.82) is 0 Å². The van der Waals surface area contributed by atoms with Gasteiger partial charge in [0.15, 0.2) is 0 Å². The molecule has 0 aliphatic carbocycles. The average Bonchev–Trinajstić information content (AvgIpc) is 2.31. The molecule has 0 amide bonds. The van der Waals surface area contributed by atoms with Crippen molar-refractivity contribution in [1.82, 2.24) is 0 Å². The second-order valence-electron chi connectivity index (χ2n) is 3.50. The van der Waals surface area contributed by atoms with Crippen LogP contribution in [0.1, 0.15) is 12.0 Å². The zero-order chi connectivity index (χ0) is 11.4. The lowest BCUT2D eigenvalue weighted by molar-refractivity contribution is 0.475. The third kappa shape index (κ3) is 3.11. The number of phenols is 1. The van der Waals surface area contributed by atoms with Crippen LogP contribution in [0, 0.1) is 0 Å². The lowest BCUT2D eigenvalue weighted by atomic mass is 10.1. The van der Waals surface area contributed by atoms with Gasteiger partial charge in [0, 0.05) is 8.66 Å². The van der Waals surface area contributed by atoms with Gasteiger partial charge in [0.1, 0.15) is 5.75 Å². The molecule has 86 valence electrons. The summed E-state index contributed by atoms with van der Waals surface area (Å²) in [7, 11) is 0. The quantitative estimate of drug-likeness (QED) is 0.622. The molecular weight excluding hydrogens is 351 g/mol. The highest BCUT2D eigenvalue weighted by Gasteiger charge is 2.13. The van der Waals surface area contributed by atoms with Crippen LogP contribution in [0.25, 0.3) is 5.57 Å². The van der Waals surface area contributed by atoms with E-state index in [9.17, 15) is 5.11 Å². The van der Waals surface area contributed by atoms with E-state index < -0.39 is 0 Å². The number of halogens is 1. The molecule has 2 rings (SSSR count). The first-order chi connectivity index (χ1) is 7.81. The molecule has 1 aromatic rings. The standard InChI is InChI=1S/C12H13IOS2/c13-8-11(12-15-5-2-6-16-12)9-3-1-4-10(14)7-9/h1,3-4,7,14H,2,5-6,8H2. The van der Waals surface area contributed by atoms with E-state index in [1.807, 2.05) is 35.7 Å². The van der Waals surface area contributed by atoms with Crippen LogP contribution in [0.5, 0.6) is 5.75 Å². The Kier molecular flexibility index (Phi) is 4.91. The number of allylic oxidation sites excluding steroid dienone is 1. The number of rotatable bonds is 2. The molecule has 0 saturated carbocycles. The van der Waals surface area contributed by atoms with Gasteiger partial charge in [-0.25, -0.2) is 0 Å². The lowest BCUT2D eigenvalue weighted by Crippen LogP contribution is -1.96. The van der Waals surface area contributed by atoms with E-state index in [2.05, 4.69) is 28.7 Å². The normalized spacial score (nSPS) is 16.2. The van der Waals surface area contributed by atoms with Crippen molar-refractivity contribution in [2.24, 2.45) is 0 Å². The Hall–Kier alpha value is 0.190. The molecule has 1 aromatic carbocycles. The predicted molar refractivity (Wildman–Crippen MR) is 83.4 cm³/mol. The van der Waals surface area contributed by atoms with Crippen LogP contribution >= 0.6 is 46.1 Å². The largest absolute Gasteiger partial charge is 0.508 e. The van der Waals surface area contributed by atoms with Crippen LogP contribution in [-0.4, -0.2) is 21.0 Å². The first-order valence-corrected chi connectivity index (χ1v) is 8.65. The van der Waals surface area contributed by atoms with Crippen LogP contribution in [0.15, 0.2) is 28.5 Å². The Morgan fingerprint density at radius 3 is 2.69 bits per heavy atom. The van der Waals surface area contributed by atoms with Gasteiger partial charge < -0.3 is 5.11 Å². The van der Waals surface area contributed by atoms with Crippen molar-refractivity contribution in [3.8, 4) is 5.75 Å². The highest BCUT2D eigenvalue weighted by molar-refractivity contribution is 14.1. The Bertz CT molecular complexity index is 396. The summed E-state index contributed by atoms with van der Waals surface area (Å²) in [4.78, 5) is 0. The molecule has 0 unspecified atom stereocenters. The second kappa shape index (κ2) is 6.21. The summed E-state index contributed by atoms with van der Waals surface area (Å²) < 4.78 is 2.43. The van der Waals surface area contributed by atoms with E-state index in [1.165, 1.54) is 27.7 Å². The molecule has 1 heterocycles. The van der Waals surface area contributed by atoms with Crippen molar-refractivity contribution >= 4 is 51.7 Å². The van der Waals surface area contributed by atoms with Crippen molar-refractivity contribution in [3.63, 3.8) is 0 Å². The Morgan fingerprint density at radius 2 is 2.06 bits per heavy atom. The number of benzene rings is 1. The molecule has 0 bridgehead atoms. The van der Waals surface area contributed by atoms with Crippen LogP contribution in [0.2, 0.25) is 0 Å². The third-order valence-corrected chi connectivity index (χ3v) is 5.80. The number of thioether (sulfide) groups is 2. The molecule has 0 atom stereocenters. The zero-order valence-corrected chi connectivity index (χ0v) is 12.6. The molecular formula is C12H13IOS2. The fourth-order valence-corrected chi connectivity index (χ4v) is 5.58. The maximum Gasteiger partial charge on any atom is 0.116 e.